The quantitative estimate of drug-likeness (QED) is 0.818. The molecule has 1 aromatic carbocycles. The van der Waals surface area contributed by atoms with E-state index in [1.165, 1.54) is 56.3 Å². The van der Waals surface area contributed by atoms with Crippen molar-refractivity contribution in [1.82, 2.24) is 4.90 Å². The topological polar surface area (TPSA) is 23.5 Å². The van der Waals surface area contributed by atoms with Crippen LogP contribution in [0.3, 0.4) is 0 Å². The van der Waals surface area contributed by atoms with Crippen LogP contribution < -0.4 is 0 Å². The van der Waals surface area contributed by atoms with E-state index < -0.39 is 0 Å². The Bertz CT molecular complexity index is 421. The van der Waals surface area contributed by atoms with Crippen molar-refractivity contribution in [3.05, 3.63) is 29.3 Å². The van der Waals surface area contributed by atoms with E-state index in [0.717, 1.165) is 5.92 Å². The fourth-order valence-electron chi connectivity index (χ4n) is 3.48. The lowest BCUT2D eigenvalue weighted by atomic mass is 9.85. The number of aromatic hydroxyl groups is 1. The van der Waals surface area contributed by atoms with Crippen LogP contribution in [0.15, 0.2) is 18.2 Å². The molecular formula is C16H23NO. The van der Waals surface area contributed by atoms with Crippen LogP contribution in [0.4, 0.5) is 0 Å². The number of rotatable bonds is 1. The largest absolute Gasteiger partial charge is 0.508 e. The Hall–Kier alpha value is -1.02. The van der Waals surface area contributed by atoms with Crippen molar-refractivity contribution in [2.24, 2.45) is 5.92 Å². The highest BCUT2D eigenvalue weighted by molar-refractivity contribution is 5.38. The maximum atomic E-state index is 9.73. The molecular weight excluding hydrogens is 222 g/mol. The molecule has 1 fully saturated rings. The smallest absolute Gasteiger partial charge is 0.115 e. The zero-order valence-corrected chi connectivity index (χ0v) is 11.2. The maximum Gasteiger partial charge on any atom is 0.115 e. The molecule has 0 amide bonds. The number of fused-ring (bicyclic) bond motifs is 1. The first-order valence-electron chi connectivity index (χ1n) is 7.30. The third-order valence-corrected chi connectivity index (χ3v) is 4.67. The second kappa shape index (κ2) is 4.93. The maximum absolute atomic E-state index is 9.73. The molecule has 18 heavy (non-hydrogen) atoms. The summed E-state index contributed by atoms with van der Waals surface area (Å²) >= 11 is 0. The molecule has 1 aliphatic heterocycles. The first-order valence-corrected chi connectivity index (χ1v) is 7.30. The zero-order chi connectivity index (χ0) is 12.5. The molecule has 98 valence electrons. The van der Waals surface area contributed by atoms with Gasteiger partial charge in [0.15, 0.2) is 0 Å². The minimum absolute atomic E-state index is 0.422. The van der Waals surface area contributed by atoms with Crippen LogP contribution in [0.1, 0.15) is 49.8 Å². The lowest BCUT2D eigenvalue weighted by Crippen LogP contribution is -2.37. The average molecular weight is 245 g/mol. The lowest BCUT2D eigenvalue weighted by Gasteiger charge is -2.39. The summed E-state index contributed by atoms with van der Waals surface area (Å²) in [5.74, 6) is 1.31. The monoisotopic (exact) mass is 245 g/mol. The molecule has 1 N–H and O–H groups in total. The molecule has 0 radical (unpaired) electrons. The molecule has 0 aromatic heterocycles. The van der Waals surface area contributed by atoms with Gasteiger partial charge >= 0.3 is 0 Å². The Morgan fingerprint density at radius 3 is 2.72 bits per heavy atom. The Morgan fingerprint density at radius 2 is 1.94 bits per heavy atom. The van der Waals surface area contributed by atoms with E-state index >= 15 is 0 Å². The lowest BCUT2D eigenvalue weighted by molar-refractivity contribution is 0.125. The summed E-state index contributed by atoms with van der Waals surface area (Å²) in [5, 5.41) is 9.73. The highest BCUT2D eigenvalue weighted by Crippen LogP contribution is 2.37. The van der Waals surface area contributed by atoms with Gasteiger partial charge < -0.3 is 5.11 Å². The molecule has 3 rings (SSSR count). The van der Waals surface area contributed by atoms with Gasteiger partial charge in [-0.2, -0.15) is 0 Å². The van der Waals surface area contributed by atoms with E-state index in [9.17, 15) is 5.11 Å². The van der Waals surface area contributed by atoms with Crippen LogP contribution in [0.2, 0.25) is 0 Å². The molecule has 0 spiro atoms. The van der Waals surface area contributed by atoms with E-state index in [1.807, 2.05) is 12.1 Å². The van der Waals surface area contributed by atoms with E-state index in [4.69, 9.17) is 0 Å². The number of nitrogens with zero attached hydrogens (tertiary/aromatic N) is 1. The average Bonchev–Trinajstić information content (AvgIpc) is 2.39. The van der Waals surface area contributed by atoms with E-state index in [2.05, 4.69) is 17.9 Å². The van der Waals surface area contributed by atoms with Crippen LogP contribution in [0.25, 0.3) is 0 Å². The standard InChI is InChI=1S/C16H23NO/c1-12-7-9-17(10-8-12)16-4-2-3-13-5-6-14(18)11-15(13)16/h5-6,11-12,16,18H,2-4,7-10H2,1H3. The van der Waals surface area contributed by atoms with Gasteiger partial charge in [0.05, 0.1) is 0 Å². The van der Waals surface area contributed by atoms with Crippen LogP contribution in [0, 0.1) is 5.92 Å². The number of phenols is 1. The number of piperidine rings is 1. The SMILES string of the molecule is CC1CCN(C2CCCc3ccc(O)cc32)CC1. The zero-order valence-electron chi connectivity index (χ0n) is 11.2. The summed E-state index contributed by atoms with van der Waals surface area (Å²) in [7, 11) is 0. The Labute approximate surface area is 110 Å². The summed E-state index contributed by atoms with van der Waals surface area (Å²) in [4.78, 5) is 2.64. The van der Waals surface area contributed by atoms with Crippen LogP contribution >= 0.6 is 0 Å². The van der Waals surface area contributed by atoms with Crippen LogP contribution in [0.5, 0.6) is 5.75 Å². The van der Waals surface area contributed by atoms with Crippen molar-refractivity contribution in [1.29, 1.82) is 0 Å². The molecule has 1 atom stereocenters. The minimum atomic E-state index is 0.422. The summed E-state index contributed by atoms with van der Waals surface area (Å²) in [6.07, 6.45) is 6.37. The Kier molecular flexibility index (Phi) is 3.29. The van der Waals surface area contributed by atoms with E-state index in [1.54, 1.807) is 0 Å². The number of phenolic OH excluding ortho intramolecular Hbond substituents is 1. The second-order valence-electron chi connectivity index (χ2n) is 6.01. The van der Waals surface area contributed by atoms with Gasteiger partial charge in [-0.1, -0.05) is 13.0 Å². The number of likely N-dealkylation sites (tertiary alicyclic amines) is 1. The normalized spacial score (nSPS) is 25.9. The number of hydrogen-bond acceptors (Lipinski definition) is 2. The number of hydrogen-bond donors (Lipinski definition) is 1. The van der Waals surface area contributed by atoms with Crippen LogP contribution in [-0.2, 0) is 6.42 Å². The van der Waals surface area contributed by atoms with Gasteiger partial charge in [-0.25, -0.2) is 0 Å². The van der Waals surface area contributed by atoms with E-state index in [-0.39, 0.29) is 0 Å². The van der Waals surface area contributed by atoms with Crippen molar-refractivity contribution >= 4 is 0 Å². The predicted molar refractivity (Wildman–Crippen MR) is 73.8 cm³/mol. The molecule has 2 heteroatoms. The number of benzene rings is 1. The van der Waals surface area contributed by atoms with Gasteiger partial charge in [-0.15, -0.1) is 0 Å². The predicted octanol–water partition coefficient (Wildman–Crippen LogP) is 3.50. The fraction of sp³-hybridized carbons (Fsp3) is 0.625. The fourth-order valence-corrected chi connectivity index (χ4v) is 3.48. The van der Waals surface area contributed by atoms with E-state index in [0.29, 0.717) is 11.8 Å². The van der Waals surface area contributed by atoms with Crippen LogP contribution in [-0.4, -0.2) is 23.1 Å². The summed E-state index contributed by atoms with van der Waals surface area (Å²) in [6.45, 7) is 4.81. The second-order valence-corrected chi connectivity index (χ2v) is 6.01. The third kappa shape index (κ3) is 2.26. The van der Waals surface area contributed by atoms with Gasteiger partial charge in [-0.3, -0.25) is 4.90 Å². The molecule has 1 heterocycles. The highest BCUT2D eigenvalue weighted by atomic mass is 16.3. The van der Waals surface area contributed by atoms with Crippen molar-refractivity contribution < 1.29 is 5.11 Å². The number of aryl methyl sites for hydroxylation is 1. The van der Waals surface area contributed by atoms with Gasteiger partial charge in [0, 0.05) is 6.04 Å². The van der Waals surface area contributed by atoms with Gasteiger partial charge in [0.25, 0.3) is 0 Å². The molecule has 2 nitrogen and oxygen atoms in total. The van der Waals surface area contributed by atoms with Crippen molar-refractivity contribution in [2.45, 2.75) is 45.1 Å². The van der Waals surface area contributed by atoms with Gasteiger partial charge in [-0.05, 0) is 74.4 Å². The summed E-state index contributed by atoms with van der Waals surface area (Å²) in [6, 6.07) is 6.49. The summed E-state index contributed by atoms with van der Waals surface area (Å²) < 4.78 is 0. The molecule has 2 aliphatic rings. The van der Waals surface area contributed by atoms with Crippen molar-refractivity contribution in [3.8, 4) is 5.75 Å². The Balaban J connectivity index is 1.84. The third-order valence-electron chi connectivity index (χ3n) is 4.67. The Morgan fingerprint density at radius 1 is 1.17 bits per heavy atom. The molecule has 1 aliphatic carbocycles. The van der Waals surface area contributed by atoms with Gasteiger partial charge in [0.2, 0.25) is 0 Å². The minimum Gasteiger partial charge on any atom is -0.508 e. The highest BCUT2D eigenvalue weighted by Gasteiger charge is 2.28. The molecule has 0 saturated carbocycles. The first kappa shape index (κ1) is 12.0. The molecule has 1 saturated heterocycles. The molecule has 0 bridgehead atoms. The first-order chi connectivity index (χ1) is 8.74. The van der Waals surface area contributed by atoms with Gasteiger partial charge in [0.1, 0.15) is 5.75 Å². The molecule has 1 unspecified atom stereocenters. The van der Waals surface area contributed by atoms with Crippen molar-refractivity contribution in [2.75, 3.05) is 13.1 Å². The summed E-state index contributed by atoms with van der Waals surface area (Å²) in [5.41, 5.74) is 2.83. The molecule has 1 aromatic rings. The van der Waals surface area contributed by atoms with Crippen molar-refractivity contribution in [3.63, 3.8) is 0 Å².